The Labute approximate surface area is 176 Å². The first-order valence-corrected chi connectivity index (χ1v) is 11.2. The van der Waals surface area contributed by atoms with E-state index in [0.29, 0.717) is 12.2 Å². The Bertz CT molecular complexity index is 1100. The number of hydrogen-bond acceptors (Lipinski definition) is 4. The van der Waals surface area contributed by atoms with Crippen molar-refractivity contribution in [2.24, 2.45) is 0 Å². The van der Waals surface area contributed by atoms with Crippen molar-refractivity contribution in [3.05, 3.63) is 102 Å². The molecule has 30 heavy (non-hydrogen) atoms. The second kappa shape index (κ2) is 9.76. The molecule has 0 saturated heterocycles. The lowest BCUT2D eigenvalue weighted by molar-refractivity contribution is -0.116. The molecule has 0 spiro atoms. The number of nitrogens with one attached hydrogen (secondary N) is 2. The molecule has 0 atom stereocenters. The first-order valence-electron chi connectivity index (χ1n) is 9.32. The summed E-state index contributed by atoms with van der Waals surface area (Å²) in [6, 6.07) is 26.3. The average molecular weight is 422 g/mol. The molecule has 3 rings (SSSR count). The van der Waals surface area contributed by atoms with Gasteiger partial charge in [0.05, 0.1) is 18.5 Å². The summed E-state index contributed by atoms with van der Waals surface area (Å²) in [5.41, 5.74) is 6.10. The lowest BCUT2D eigenvalue weighted by Gasteiger charge is -2.25. The van der Waals surface area contributed by atoms with E-state index >= 15 is 0 Å². The lowest BCUT2D eigenvalue weighted by Crippen LogP contribution is -2.41. The quantitative estimate of drug-likeness (QED) is 0.428. The molecule has 0 saturated carbocycles. The Morgan fingerprint density at radius 3 is 2.10 bits per heavy atom. The Hall–Kier alpha value is -3.58. The number of hydrazine groups is 1. The molecule has 0 aliphatic rings. The molecule has 0 fully saturated rings. The Morgan fingerprint density at radius 2 is 1.50 bits per heavy atom. The predicted molar refractivity (Wildman–Crippen MR) is 121 cm³/mol. The second-order valence-electron chi connectivity index (χ2n) is 6.71. The van der Waals surface area contributed by atoms with E-state index in [4.69, 9.17) is 0 Å². The maximum atomic E-state index is 12.5. The van der Waals surface area contributed by atoms with Crippen molar-refractivity contribution in [3.63, 3.8) is 0 Å². The van der Waals surface area contributed by atoms with Crippen molar-refractivity contribution in [3.8, 4) is 0 Å². The second-order valence-corrected chi connectivity index (χ2v) is 8.46. The minimum absolute atomic E-state index is 0.270. The van der Waals surface area contributed by atoms with Gasteiger partial charge in [0.15, 0.2) is 0 Å². The zero-order valence-corrected chi connectivity index (χ0v) is 17.3. The third kappa shape index (κ3) is 6.79. The van der Waals surface area contributed by atoms with E-state index in [-0.39, 0.29) is 5.91 Å². The summed E-state index contributed by atoms with van der Waals surface area (Å²) >= 11 is 0. The molecule has 0 bridgehead atoms. The molecule has 0 heterocycles. The molecule has 6 nitrogen and oxygen atoms in total. The Kier molecular flexibility index (Phi) is 6.87. The minimum atomic E-state index is -3.32. The number of anilines is 2. The lowest BCUT2D eigenvalue weighted by atomic mass is 10.2. The molecule has 0 aliphatic carbocycles. The van der Waals surface area contributed by atoms with Crippen LogP contribution in [0.3, 0.4) is 0 Å². The molecule has 3 aromatic rings. The van der Waals surface area contributed by atoms with E-state index in [1.54, 1.807) is 35.4 Å². The molecule has 2 N–H and O–H groups in total. The van der Waals surface area contributed by atoms with Gasteiger partial charge in [0.1, 0.15) is 0 Å². The van der Waals surface area contributed by atoms with Gasteiger partial charge >= 0.3 is 0 Å². The van der Waals surface area contributed by atoms with Gasteiger partial charge in [-0.15, -0.1) is 0 Å². The summed E-state index contributed by atoms with van der Waals surface area (Å²) in [7, 11) is -3.32. The summed E-state index contributed by atoms with van der Waals surface area (Å²) in [6.45, 7) is 0.524. The maximum absolute atomic E-state index is 12.5. The molecule has 1 amide bonds. The fraction of sp³-hybridized carbons (Fsp3) is 0.0870. The SMILES string of the molecule is CS(=O)(=O)Nc1ccc(/C=C/C(=O)NN(Cc2ccccc2)c2ccccc2)cc1. The monoisotopic (exact) mass is 421 g/mol. The largest absolute Gasteiger partial charge is 0.284 e. The number of para-hydroxylation sites is 1. The number of rotatable bonds is 8. The fourth-order valence-electron chi connectivity index (χ4n) is 2.79. The number of sulfonamides is 1. The first kappa shape index (κ1) is 21.1. The number of carbonyl (C=O) groups excluding carboxylic acids is 1. The number of amides is 1. The molecular weight excluding hydrogens is 398 g/mol. The van der Waals surface area contributed by atoms with Crippen LogP contribution in [-0.2, 0) is 21.4 Å². The predicted octanol–water partition coefficient (Wildman–Crippen LogP) is 3.81. The smallest absolute Gasteiger partial charge is 0.262 e. The van der Waals surface area contributed by atoms with Gasteiger partial charge in [-0.1, -0.05) is 60.7 Å². The van der Waals surface area contributed by atoms with Crippen LogP contribution in [0.1, 0.15) is 11.1 Å². The average Bonchev–Trinajstić information content (AvgIpc) is 2.73. The standard InChI is InChI=1S/C23H23N3O3S/c1-30(28,29)25-21-15-12-19(13-16-21)14-17-23(27)24-26(22-10-6-3-7-11-22)18-20-8-4-2-5-9-20/h2-17,25H,18H2,1H3,(H,24,27)/b17-14+. The number of hydrogen-bond donors (Lipinski definition) is 2. The highest BCUT2D eigenvalue weighted by molar-refractivity contribution is 7.92. The third-order valence-electron chi connectivity index (χ3n) is 4.14. The third-order valence-corrected chi connectivity index (χ3v) is 4.74. The van der Waals surface area contributed by atoms with Crippen molar-refractivity contribution in [1.29, 1.82) is 0 Å². The van der Waals surface area contributed by atoms with E-state index in [1.807, 2.05) is 60.7 Å². The van der Waals surface area contributed by atoms with Crippen LogP contribution in [0.2, 0.25) is 0 Å². The number of benzene rings is 3. The highest BCUT2D eigenvalue weighted by Gasteiger charge is 2.09. The van der Waals surface area contributed by atoms with Crippen LogP contribution in [0.5, 0.6) is 0 Å². The number of nitrogens with zero attached hydrogens (tertiary/aromatic N) is 1. The minimum Gasteiger partial charge on any atom is -0.284 e. The molecule has 0 aromatic heterocycles. The Balaban J connectivity index is 1.68. The highest BCUT2D eigenvalue weighted by atomic mass is 32.2. The molecule has 0 unspecified atom stereocenters. The molecule has 3 aromatic carbocycles. The van der Waals surface area contributed by atoms with Crippen LogP contribution >= 0.6 is 0 Å². The normalized spacial score (nSPS) is 11.2. The van der Waals surface area contributed by atoms with Gasteiger partial charge < -0.3 is 0 Å². The van der Waals surface area contributed by atoms with E-state index < -0.39 is 10.0 Å². The van der Waals surface area contributed by atoms with Crippen LogP contribution in [-0.4, -0.2) is 20.6 Å². The molecule has 0 aliphatic heterocycles. The molecule has 154 valence electrons. The maximum Gasteiger partial charge on any atom is 0.262 e. The van der Waals surface area contributed by atoms with Crippen molar-refractivity contribution in [2.75, 3.05) is 16.0 Å². The number of carbonyl (C=O) groups is 1. The van der Waals surface area contributed by atoms with Crippen molar-refractivity contribution in [2.45, 2.75) is 6.54 Å². The van der Waals surface area contributed by atoms with Crippen LogP contribution < -0.4 is 15.2 Å². The van der Waals surface area contributed by atoms with Crippen LogP contribution in [0.25, 0.3) is 6.08 Å². The van der Waals surface area contributed by atoms with Crippen molar-refractivity contribution >= 4 is 33.4 Å². The van der Waals surface area contributed by atoms with E-state index in [2.05, 4.69) is 10.1 Å². The van der Waals surface area contributed by atoms with Gasteiger partial charge in [-0.2, -0.15) is 0 Å². The van der Waals surface area contributed by atoms with Gasteiger partial charge in [-0.3, -0.25) is 20.0 Å². The summed E-state index contributed by atoms with van der Waals surface area (Å²) in [5.74, 6) is -0.270. The van der Waals surface area contributed by atoms with Crippen LogP contribution in [0, 0.1) is 0 Å². The van der Waals surface area contributed by atoms with E-state index in [1.165, 1.54) is 6.08 Å². The van der Waals surface area contributed by atoms with Crippen molar-refractivity contribution in [1.82, 2.24) is 5.43 Å². The fourth-order valence-corrected chi connectivity index (χ4v) is 3.35. The van der Waals surface area contributed by atoms with E-state index in [9.17, 15) is 13.2 Å². The topological polar surface area (TPSA) is 78.5 Å². The van der Waals surface area contributed by atoms with Gasteiger partial charge in [-0.25, -0.2) is 8.42 Å². The van der Waals surface area contributed by atoms with Gasteiger partial charge in [0.25, 0.3) is 5.91 Å². The van der Waals surface area contributed by atoms with Crippen molar-refractivity contribution < 1.29 is 13.2 Å². The summed E-state index contributed by atoms with van der Waals surface area (Å²) in [6.07, 6.45) is 4.21. The molecular formula is C23H23N3O3S. The summed E-state index contributed by atoms with van der Waals surface area (Å²) in [5, 5.41) is 1.79. The zero-order valence-electron chi connectivity index (χ0n) is 16.5. The zero-order chi connectivity index (χ0) is 21.4. The molecule has 0 radical (unpaired) electrons. The van der Waals surface area contributed by atoms with Crippen LogP contribution in [0.15, 0.2) is 91.0 Å². The molecule has 7 heteroatoms. The first-order chi connectivity index (χ1) is 14.4. The van der Waals surface area contributed by atoms with Gasteiger partial charge in [-0.05, 0) is 41.5 Å². The summed E-state index contributed by atoms with van der Waals surface area (Å²) < 4.78 is 24.9. The van der Waals surface area contributed by atoms with E-state index in [0.717, 1.165) is 23.1 Å². The van der Waals surface area contributed by atoms with Gasteiger partial charge in [0, 0.05) is 11.8 Å². The van der Waals surface area contributed by atoms with Crippen LogP contribution in [0.4, 0.5) is 11.4 Å². The summed E-state index contributed by atoms with van der Waals surface area (Å²) in [4.78, 5) is 12.5. The Morgan fingerprint density at radius 1 is 0.900 bits per heavy atom. The highest BCUT2D eigenvalue weighted by Crippen LogP contribution is 2.15. The van der Waals surface area contributed by atoms with Gasteiger partial charge in [0.2, 0.25) is 10.0 Å².